The van der Waals surface area contributed by atoms with Crippen molar-refractivity contribution in [2.45, 2.75) is 26.3 Å². The summed E-state index contributed by atoms with van der Waals surface area (Å²) in [6.07, 6.45) is 2.33. The van der Waals surface area contributed by atoms with E-state index in [4.69, 9.17) is 14.3 Å². The summed E-state index contributed by atoms with van der Waals surface area (Å²) in [7, 11) is -2.30. The summed E-state index contributed by atoms with van der Waals surface area (Å²) >= 11 is 1.85. The monoisotopic (exact) mass is 403 g/mol. The van der Waals surface area contributed by atoms with E-state index in [1.54, 1.807) is 6.20 Å². The van der Waals surface area contributed by atoms with Crippen molar-refractivity contribution in [1.82, 2.24) is 5.32 Å². The van der Waals surface area contributed by atoms with Gasteiger partial charge in [0.2, 0.25) is 0 Å². The largest absolute Gasteiger partial charge is 0.386 e. The summed E-state index contributed by atoms with van der Waals surface area (Å²) in [5.41, 5.74) is 2.38. The second-order valence-electron chi connectivity index (χ2n) is 6.20. The minimum absolute atomic E-state index is 0.0152. The molecule has 1 heterocycles. The van der Waals surface area contributed by atoms with Crippen LogP contribution in [-0.2, 0) is 10.9 Å². The van der Waals surface area contributed by atoms with Crippen molar-refractivity contribution in [1.29, 1.82) is 0 Å². The zero-order valence-corrected chi connectivity index (χ0v) is 17.3. The number of aryl methyl sites for hydroxylation is 2. The third kappa shape index (κ3) is 7.79. The summed E-state index contributed by atoms with van der Waals surface area (Å²) in [5, 5.41) is 4.40. The van der Waals surface area contributed by atoms with Gasteiger partial charge in [-0.05, 0) is 49.6 Å². The number of hydrogen-bond donors (Lipinski definition) is 3. The lowest BCUT2D eigenvalue weighted by molar-refractivity contribution is 0.229. The lowest BCUT2D eigenvalue weighted by Crippen LogP contribution is -2.31. The Balaban J connectivity index is 0.000000219. The maximum atomic E-state index is 8.72. The smallest absolute Gasteiger partial charge is 0.327 e. The summed E-state index contributed by atoms with van der Waals surface area (Å²) in [5.74, 6) is 0. The highest BCUT2D eigenvalue weighted by Gasteiger charge is 2.10. The molecule has 4 nitrogen and oxygen atoms in total. The van der Waals surface area contributed by atoms with Crippen LogP contribution >= 0.6 is 19.9 Å². The first-order valence-electron chi connectivity index (χ1n) is 8.66. The lowest BCUT2D eigenvalue weighted by atomic mass is 10.0. The highest BCUT2D eigenvalue weighted by molar-refractivity contribution is 7.39. The van der Waals surface area contributed by atoms with Crippen LogP contribution < -0.4 is 5.32 Å². The van der Waals surface area contributed by atoms with Crippen molar-refractivity contribution in [3.05, 3.63) is 83.4 Å². The van der Waals surface area contributed by atoms with Gasteiger partial charge >= 0.3 is 8.60 Å². The Labute approximate surface area is 166 Å². The molecule has 1 aromatic heterocycles. The maximum Gasteiger partial charge on any atom is 0.327 e. The SMILES string of the molecule is C=CNC(COP(O)O)Cc1cccc(C)c1.Cc1cc2ccccc2s1. The minimum Gasteiger partial charge on any atom is -0.386 e. The molecule has 0 amide bonds. The Hall–Kier alpha value is -1.75. The van der Waals surface area contributed by atoms with Crippen molar-refractivity contribution < 1.29 is 14.3 Å². The van der Waals surface area contributed by atoms with Gasteiger partial charge in [0.05, 0.1) is 12.6 Å². The van der Waals surface area contributed by atoms with Crippen LogP contribution in [0.5, 0.6) is 0 Å². The number of rotatable bonds is 7. The van der Waals surface area contributed by atoms with E-state index in [0.29, 0.717) is 0 Å². The van der Waals surface area contributed by atoms with Gasteiger partial charge in [-0.25, -0.2) is 0 Å². The Kier molecular flexibility index (Phi) is 8.92. The van der Waals surface area contributed by atoms with Crippen molar-refractivity contribution in [2.75, 3.05) is 6.61 Å². The van der Waals surface area contributed by atoms with Gasteiger partial charge in [0.15, 0.2) is 0 Å². The molecule has 0 spiro atoms. The Morgan fingerprint density at radius 1 is 1.15 bits per heavy atom. The molecule has 144 valence electrons. The lowest BCUT2D eigenvalue weighted by Gasteiger charge is -2.17. The summed E-state index contributed by atoms with van der Waals surface area (Å²) in [6.45, 7) is 8.02. The van der Waals surface area contributed by atoms with Gasteiger partial charge in [0.25, 0.3) is 0 Å². The van der Waals surface area contributed by atoms with Crippen LogP contribution in [0.4, 0.5) is 0 Å². The molecule has 3 aromatic rings. The fourth-order valence-electron chi connectivity index (χ4n) is 2.73. The predicted molar refractivity (Wildman–Crippen MR) is 116 cm³/mol. The normalized spacial score (nSPS) is 11.7. The topological polar surface area (TPSA) is 61.7 Å². The molecule has 1 atom stereocenters. The first kappa shape index (κ1) is 21.5. The Morgan fingerprint density at radius 2 is 1.93 bits per heavy atom. The van der Waals surface area contributed by atoms with E-state index >= 15 is 0 Å². The van der Waals surface area contributed by atoms with Crippen LogP contribution in [0, 0.1) is 13.8 Å². The van der Waals surface area contributed by atoms with Crippen LogP contribution in [0.25, 0.3) is 10.1 Å². The van der Waals surface area contributed by atoms with E-state index in [1.165, 1.54) is 26.1 Å². The maximum absolute atomic E-state index is 8.72. The molecule has 0 aliphatic heterocycles. The standard InChI is InChI=1S/C12H18NO3P.C9H8S/c1-3-13-12(9-16-17(14)15)8-11-6-4-5-10(2)7-11;1-7-6-8-4-2-3-5-9(8)10-7/h3-7,12-15H,1,8-9H2,2H3;2-6H,1H3. The van der Waals surface area contributed by atoms with Crippen LogP contribution in [0.1, 0.15) is 16.0 Å². The third-order valence-electron chi connectivity index (χ3n) is 3.86. The first-order chi connectivity index (χ1) is 13.0. The van der Waals surface area contributed by atoms with Gasteiger partial charge in [-0.1, -0.05) is 54.6 Å². The quantitative estimate of drug-likeness (QED) is 0.482. The number of hydrogen-bond acceptors (Lipinski definition) is 5. The Morgan fingerprint density at radius 3 is 2.59 bits per heavy atom. The van der Waals surface area contributed by atoms with Crippen molar-refractivity contribution in [3.8, 4) is 0 Å². The van der Waals surface area contributed by atoms with E-state index in [0.717, 1.165) is 6.42 Å². The molecule has 2 aromatic carbocycles. The van der Waals surface area contributed by atoms with Crippen molar-refractivity contribution >= 4 is 30.0 Å². The molecule has 0 saturated carbocycles. The summed E-state index contributed by atoms with van der Waals surface area (Å²) in [4.78, 5) is 18.8. The number of benzene rings is 2. The van der Waals surface area contributed by atoms with E-state index in [1.807, 2.05) is 36.5 Å². The highest BCUT2D eigenvalue weighted by Crippen LogP contribution is 2.25. The molecular formula is C21H26NO3PS. The summed E-state index contributed by atoms with van der Waals surface area (Å²) < 4.78 is 6.21. The summed E-state index contributed by atoms with van der Waals surface area (Å²) in [6, 6.07) is 18.8. The predicted octanol–water partition coefficient (Wildman–Crippen LogP) is 5.08. The van der Waals surface area contributed by atoms with Crippen LogP contribution in [-0.4, -0.2) is 22.4 Å². The van der Waals surface area contributed by atoms with Crippen molar-refractivity contribution in [3.63, 3.8) is 0 Å². The van der Waals surface area contributed by atoms with E-state index in [9.17, 15) is 0 Å². The molecule has 0 saturated heterocycles. The second-order valence-corrected chi connectivity index (χ2v) is 8.26. The molecule has 0 fully saturated rings. The molecule has 1 unspecified atom stereocenters. The molecule has 6 heteroatoms. The number of fused-ring (bicyclic) bond motifs is 1. The van der Waals surface area contributed by atoms with Gasteiger partial charge in [-0.3, -0.25) is 0 Å². The zero-order chi connectivity index (χ0) is 19.6. The molecule has 0 bridgehead atoms. The molecule has 3 rings (SSSR count). The van der Waals surface area contributed by atoms with Crippen molar-refractivity contribution in [2.24, 2.45) is 0 Å². The van der Waals surface area contributed by atoms with Crippen LogP contribution in [0.3, 0.4) is 0 Å². The van der Waals surface area contributed by atoms with E-state index in [2.05, 4.69) is 55.2 Å². The van der Waals surface area contributed by atoms with Crippen LogP contribution in [0.2, 0.25) is 0 Å². The molecule has 27 heavy (non-hydrogen) atoms. The Bertz CT molecular complexity index is 817. The number of thiophene rings is 1. The average Bonchev–Trinajstić information content (AvgIpc) is 3.00. The van der Waals surface area contributed by atoms with Gasteiger partial charge in [-0.15, -0.1) is 11.3 Å². The molecule has 0 aliphatic rings. The van der Waals surface area contributed by atoms with Gasteiger partial charge < -0.3 is 19.6 Å². The highest BCUT2D eigenvalue weighted by atomic mass is 32.1. The number of nitrogens with one attached hydrogen (secondary N) is 1. The minimum atomic E-state index is -2.30. The van der Waals surface area contributed by atoms with E-state index in [-0.39, 0.29) is 12.6 Å². The zero-order valence-electron chi connectivity index (χ0n) is 15.6. The van der Waals surface area contributed by atoms with E-state index < -0.39 is 8.60 Å². The third-order valence-corrected chi connectivity index (χ3v) is 5.27. The second kappa shape index (κ2) is 11.2. The fraction of sp³-hybridized carbons (Fsp3) is 0.238. The molecule has 3 N–H and O–H groups in total. The van der Waals surface area contributed by atoms with Gasteiger partial charge in [0, 0.05) is 9.58 Å². The van der Waals surface area contributed by atoms with Crippen LogP contribution in [0.15, 0.2) is 67.4 Å². The fourth-order valence-corrected chi connectivity index (χ4v) is 3.96. The molecule has 0 radical (unpaired) electrons. The average molecular weight is 403 g/mol. The molecule has 0 aliphatic carbocycles. The van der Waals surface area contributed by atoms with Gasteiger partial charge in [-0.2, -0.15) is 0 Å². The molecular weight excluding hydrogens is 377 g/mol. The van der Waals surface area contributed by atoms with Gasteiger partial charge in [0.1, 0.15) is 0 Å². The first-order valence-corrected chi connectivity index (χ1v) is 10.6.